The van der Waals surface area contributed by atoms with Crippen LogP contribution in [0.2, 0.25) is 0 Å². The number of carbonyl (C=O) groups is 1. The summed E-state index contributed by atoms with van der Waals surface area (Å²) in [6.45, 7) is 5.97. The van der Waals surface area contributed by atoms with Gasteiger partial charge in [-0.1, -0.05) is 5.16 Å². The molecule has 2 heterocycles. The molecule has 0 aliphatic carbocycles. The number of aromatic nitrogens is 1. The number of nitrogens with one attached hydrogen (secondary N) is 1. The van der Waals surface area contributed by atoms with Gasteiger partial charge in [-0.25, -0.2) is 4.79 Å². The lowest BCUT2D eigenvalue weighted by Crippen LogP contribution is -2.43. The third-order valence-electron chi connectivity index (χ3n) is 3.41. The van der Waals surface area contributed by atoms with E-state index in [4.69, 9.17) is 9.26 Å². The minimum atomic E-state index is -0.443. The predicted octanol–water partition coefficient (Wildman–Crippen LogP) is 1.41. The molecule has 20 heavy (non-hydrogen) atoms. The second-order valence-electron chi connectivity index (χ2n) is 4.67. The standard InChI is InChI=1S/C14H17N3O3/c1-2-19-14(18)13-11-4-3-10(9-12(11)20-16-13)17-7-5-15-6-8-17/h3-4,9,15H,2,5-8H2,1H3. The first-order valence-corrected chi connectivity index (χ1v) is 6.82. The topological polar surface area (TPSA) is 67.6 Å². The molecule has 1 aliphatic heterocycles. The van der Waals surface area contributed by atoms with Gasteiger partial charge in [0, 0.05) is 37.9 Å². The normalized spacial score (nSPS) is 15.6. The van der Waals surface area contributed by atoms with E-state index in [2.05, 4.69) is 15.4 Å². The maximum atomic E-state index is 11.7. The maximum absolute atomic E-state index is 11.7. The number of fused-ring (bicyclic) bond motifs is 1. The zero-order valence-corrected chi connectivity index (χ0v) is 11.4. The summed E-state index contributed by atoms with van der Waals surface area (Å²) in [5.74, 6) is -0.443. The molecule has 1 aromatic heterocycles. The summed E-state index contributed by atoms with van der Waals surface area (Å²) in [6, 6.07) is 5.79. The van der Waals surface area contributed by atoms with Crippen LogP contribution in [0.15, 0.2) is 22.7 Å². The van der Waals surface area contributed by atoms with Crippen molar-refractivity contribution in [1.29, 1.82) is 0 Å². The average Bonchev–Trinajstić information content (AvgIpc) is 2.91. The van der Waals surface area contributed by atoms with Gasteiger partial charge < -0.3 is 19.5 Å². The fourth-order valence-corrected chi connectivity index (χ4v) is 2.39. The van der Waals surface area contributed by atoms with Crippen LogP contribution in [-0.2, 0) is 4.74 Å². The molecule has 1 saturated heterocycles. The first-order chi connectivity index (χ1) is 9.79. The van der Waals surface area contributed by atoms with Crippen LogP contribution >= 0.6 is 0 Å². The second-order valence-corrected chi connectivity index (χ2v) is 4.67. The maximum Gasteiger partial charge on any atom is 0.361 e. The molecule has 106 valence electrons. The highest BCUT2D eigenvalue weighted by atomic mass is 16.5. The number of nitrogens with zero attached hydrogens (tertiary/aromatic N) is 2. The number of carbonyl (C=O) groups excluding carboxylic acids is 1. The van der Waals surface area contributed by atoms with Crippen molar-refractivity contribution in [2.24, 2.45) is 0 Å². The number of esters is 1. The Morgan fingerprint density at radius 1 is 1.45 bits per heavy atom. The first kappa shape index (κ1) is 12.9. The van der Waals surface area contributed by atoms with Gasteiger partial charge in [-0.15, -0.1) is 0 Å². The summed E-state index contributed by atoms with van der Waals surface area (Å²) in [6.07, 6.45) is 0. The number of ether oxygens (including phenoxy) is 1. The van der Waals surface area contributed by atoms with Gasteiger partial charge in [-0.05, 0) is 19.1 Å². The molecule has 0 unspecified atom stereocenters. The summed E-state index contributed by atoms with van der Waals surface area (Å²) < 4.78 is 10.2. The van der Waals surface area contributed by atoms with Gasteiger partial charge in [0.2, 0.25) is 0 Å². The summed E-state index contributed by atoms with van der Waals surface area (Å²) in [5.41, 5.74) is 1.95. The number of rotatable bonds is 3. The van der Waals surface area contributed by atoms with Crippen LogP contribution in [0.1, 0.15) is 17.4 Å². The Labute approximate surface area is 116 Å². The quantitative estimate of drug-likeness (QED) is 0.854. The lowest BCUT2D eigenvalue weighted by Gasteiger charge is -2.29. The zero-order valence-electron chi connectivity index (χ0n) is 11.4. The fourth-order valence-electron chi connectivity index (χ4n) is 2.39. The molecular formula is C14H17N3O3. The van der Waals surface area contributed by atoms with Gasteiger partial charge in [0.15, 0.2) is 11.3 Å². The van der Waals surface area contributed by atoms with Crippen LogP contribution in [0.4, 0.5) is 5.69 Å². The van der Waals surface area contributed by atoms with Crippen molar-refractivity contribution in [2.75, 3.05) is 37.7 Å². The molecule has 6 nitrogen and oxygen atoms in total. The molecule has 0 saturated carbocycles. The lowest BCUT2D eigenvalue weighted by molar-refractivity contribution is 0.0517. The predicted molar refractivity (Wildman–Crippen MR) is 75.0 cm³/mol. The van der Waals surface area contributed by atoms with E-state index in [1.165, 1.54) is 0 Å². The number of piperazine rings is 1. The molecule has 0 spiro atoms. The van der Waals surface area contributed by atoms with E-state index in [-0.39, 0.29) is 5.69 Å². The van der Waals surface area contributed by atoms with Crippen molar-refractivity contribution < 1.29 is 14.1 Å². The van der Waals surface area contributed by atoms with Crippen molar-refractivity contribution in [3.8, 4) is 0 Å². The summed E-state index contributed by atoms with van der Waals surface area (Å²) in [4.78, 5) is 14.0. The summed E-state index contributed by atoms with van der Waals surface area (Å²) in [7, 11) is 0. The highest BCUT2D eigenvalue weighted by Crippen LogP contribution is 2.25. The minimum absolute atomic E-state index is 0.244. The Morgan fingerprint density at radius 2 is 2.25 bits per heavy atom. The van der Waals surface area contributed by atoms with Crippen LogP contribution in [0.25, 0.3) is 11.0 Å². The van der Waals surface area contributed by atoms with Gasteiger partial charge in [0.25, 0.3) is 0 Å². The third kappa shape index (κ3) is 2.34. The molecule has 2 aromatic rings. The molecule has 0 bridgehead atoms. The van der Waals surface area contributed by atoms with Gasteiger partial charge in [0.1, 0.15) is 0 Å². The van der Waals surface area contributed by atoms with Gasteiger partial charge in [-0.3, -0.25) is 0 Å². The number of benzene rings is 1. The highest BCUT2D eigenvalue weighted by Gasteiger charge is 2.18. The molecular weight excluding hydrogens is 258 g/mol. The molecule has 1 N–H and O–H groups in total. The Morgan fingerprint density at radius 3 is 3.00 bits per heavy atom. The molecule has 1 fully saturated rings. The van der Waals surface area contributed by atoms with Crippen molar-refractivity contribution in [1.82, 2.24) is 10.5 Å². The zero-order chi connectivity index (χ0) is 13.9. The SMILES string of the molecule is CCOC(=O)c1noc2cc(N3CCNCC3)ccc12. The van der Waals surface area contributed by atoms with E-state index >= 15 is 0 Å². The number of hydrogen-bond acceptors (Lipinski definition) is 6. The van der Waals surface area contributed by atoms with E-state index in [1.807, 2.05) is 18.2 Å². The first-order valence-electron chi connectivity index (χ1n) is 6.82. The van der Waals surface area contributed by atoms with Crippen molar-refractivity contribution >= 4 is 22.6 Å². The average molecular weight is 275 g/mol. The molecule has 0 radical (unpaired) electrons. The van der Waals surface area contributed by atoms with Crippen molar-refractivity contribution in [3.05, 3.63) is 23.9 Å². The largest absolute Gasteiger partial charge is 0.461 e. The van der Waals surface area contributed by atoms with Crippen LogP contribution < -0.4 is 10.2 Å². The van der Waals surface area contributed by atoms with E-state index < -0.39 is 5.97 Å². The van der Waals surface area contributed by atoms with Crippen LogP contribution in [-0.4, -0.2) is 43.9 Å². The Kier molecular flexibility index (Phi) is 3.56. The lowest BCUT2D eigenvalue weighted by atomic mass is 10.1. The van der Waals surface area contributed by atoms with E-state index in [0.717, 1.165) is 31.9 Å². The number of hydrogen-bond donors (Lipinski definition) is 1. The fraction of sp³-hybridized carbons (Fsp3) is 0.429. The minimum Gasteiger partial charge on any atom is -0.461 e. The van der Waals surface area contributed by atoms with E-state index in [0.29, 0.717) is 17.6 Å². The second kappa shape index (κ2) is 5.50. The molecule has 1 aliphatic rings. The Bertz CT molecular complexity index is 617. The molecule has 1 aromatic carbocycles. The monoisotopic (exact) mass is 275 g/mol. The smallest absolute Gasteiger partial charge is 0.361 e. The van der Waals surface area contributed by atoms with Crippen molar-refractivity contribution in [2.45, 2.75) is 6.92 Å². The summed E-state index contributed by atoms with van der Waals surface area (Å²) in [5, 5.41) is 7.83. The molecule has 0 amide bonds. The summed E-state index contributed by atoms with van der Waals surface area (Å²) >= 11 is 0. The van der Waals surface area contributed by atoms with Crippen molar-refractivity contribution in [3.63, 3.8) is 0 Å². The highest BCUT2D eigenvalue weighted by molar-refractivity contribution is 6.01. The molecule has 6 heteroatoms. The van der Waals surface area contributed by atoms with Gasteiger partial charge in [0.05, 0.1) is 12.0 Å². The molecule has 0 atom stereocenters. The van der Waals surface area contributed by atoms with Crippen LogP contribution in [0, 0.1) is 0 Å². The number of anilines is 1. The van der Waals surface area contributed by atoms with Crippen LogP contribution in [0.3, 0.4) is 0 Å². The van der Waals surface area contributed by atoms with E-state index in [9.17, 15) is 4.79 Å². The van der Waals surface area contributed by atoms with Crippen LogP contribution in [0.5, 0.6) is 0 Å². The van der Waals surface area contributed by atoms with E-state index in [1.54, 1.807) is 6.92 Å². The molecule has 3 rings (SSSR count). The third-order valence-corrected chi connectivity index (χ3v) is 3.41. The van der Waals surface area contributed by atoms with Gasteiger partial charge in [-0.2, -0.15) is 0 Å². The van der Waals surface area contributed by atoms with Gasteiger partial charge >= 0.3 is 5.97 Å². The Hall–Kier alpha value is -2.08. The Balaban J connectivity index is 1.91.